The number of aromatic nitrogens is 1. The van der Waals surface area contributed by atoms with Crippen molar-refractivity contribution in [3.63, 3.8) is 0 Å². The molecule has 29 heavy (non-hydrogen) atoms. The molecule has 7 heteroatoms. The van der Waals surface area contributed by atoms with E-state index in [0.29, 0.717) is 24.2 Å². The van der Waals surface area contributed by atoms with E-state index in [1.54, 1.807) is 25.6 Å². The number of hydrogen-bond acceptors (Lipinski definition) is 5. The molecular formula is C22H26N4O3. The lowest BCUT2D eigenvalue weighted by atomic mass is 10.1. The van der Waals surface area contributed by atoms with Crippen LogP contribution in [-0.4, -0.2) is 73.0 Å². The van der Waals surface area contributed by atoms with Gasteiger partial charge in [-0.2, -0.15) is 0 Å². The summed E-state index contributed by atoms with van der Waals surface area (Å²) in [6, 6.07) is 9.65. The SMILES string of the molecule is COc1ccc(N2CCN(C(=O)c3cncc(C(=O)N4CCCC4)c3)CC2)cc1. The molecule has 0 aliphatic carbocycles. The number of nitrogens with zero attached hydrogens (tertiary/aromatic N) is 4. The topological polar surface area (TPSA) is 66.0 Å². The third-order valence-electron chi connectivity index (χ3n) is 5.63. The van der Waals surface area contributed by atoms with Crippen LogP contribution < -0.4 is 9.64 Å². The van der Waals surface area contributed by atoms with Crippen LogP contribution in [0, 0.1) is 0 Å². The molecule has 2 saturated heterocycles. The molecule has 2 fully saturated rings. The first-order chi connectivity index (χ1) is 14.2. The smallest absolute Gasteiger partial charge is 0.255 e. The van der Waals surface area contributed by atoms with Gasteiger partial charge in [-0.25, -0.2) is 0 Å². The number of benzene rings is 1. The number of likely N-dealkylation sites (tertiary alicyclic amines) is 1. The Kier molecular flexibility index (Phi) is 5.64. The van der Waals surface area contributed by atoms with E-state index < -0.39 is 0 Å². The number of anilines is 1. The van der Waals surface area contributed by atoms with Gasteiger partial charge in [-0.1, -0.05) is 0 Å². The highest BCUT2D eigenvalue weighted by Gasteiger charge is 2.25. The van der Waals surface area contributed by atoms with Gasteiger partial charge in [0.25, 0.3) is 11.8 Å². The van der Waals surface area contributed by atoms with Crippen LogP contribution in [0.4, 0.5) is 5.69 Å². The van der Waals surface area contributed by atoms with Gasteiger partial charge >= 0.3 is 0 Å². The summed E-state index contributed by atoms with van der Waals surface area (Å²) < 4.78 is 5.21. The molecule has 0 bridgehead atoms. The molecule has 1 aromatic heterocycles. The van der Waals surface area contributed by atoms with E-state index in [1.807, 2.05) is 34.1 Å². The maximum atomic E-state index is 12.9. The molecule has 0 atom stereocenters. The maximum Gasteiger partial charge on any atom is 0.255 e. The lowest BCUT2D eigenvalue weighted by Gasteiger charge is -2.36. The summed E-state index contributed by atoms with van der Waals surface area (Å²) in [5.74, 6) is 0.732. The number of hydrogen-bond donors (Lipinski definition) is 0. The maximum absolute atomic E-state index is 12.9. The number of rotatable bonds is 4. The Labute approximate surface area is 170 Å². The monoisotopic (exact) mass is 394 g/mol. The number of carbonyl (C=O) groups is 2. The van der Waals surface area contributed by atoms with Crippen LogP contribution in [0.25, 0.3) is 0 Å². The fourth-order valence-corrected chi connectivity index (χ4v) is 3.92. The average Bonchev–Trinajstić information content (AvgIpc) is 3.33. The van der Waals surface area contributed by atoms with E-state index in [2.05, 4.69) is 9.88 Å². The average molecular weight is 394 g/mol. The zero-order valence-electron chi connectivity index (χ0n) is 16.7. The van der Waals surface area contributed by atoms with Gasteiger partial charge in [0.15, 0.2) is 0 Å². The zero-order valence-corrected chi connectivity index (χ0v) is 16.7. The van der Waals surface area contributed by atoms with Gasteiger partial charge in [0.1, 0.15) is 5.75 Å². The van der Waals surface area contributed by atoms with Crippen LogP contribution in [0.15, 0.2) is 42.7 Å². The fraction of sp³-hybridized carbons (Fsp3) is 0.409. The quantitative estimate of drug-likeness (QED) is 0.796. The van der Waals surface area contributed by atoms with E-state index in [9.17, 15) is 9.59 Å². The molecule has 0 spiro atoms. The molecule has 0 saturated carbocycles. The van der Waals surface area contributed by atoms with E-state index in [1.165, 1.54) is 0 Å². The van der Waals surface area contributed by atoms with Gasteiger partial charge in [0.05, 0.1) is 18.2 Å². The second-order valence-corrected chi connectivity index (χ2v) is 7.44. The van der Waals surface area contributed by atoms with Crippen molar-refractivity contribution in [2.45, 2.75) is 12.8 Å². The molecule has 0 unspecified atom stereocenters. The van der Waals surface area contributed by atoms with Gasteiger partial charge in [-0.15, -0.1) is 0 Å². The standard InChI is InChI=1S/C22H26N4O3/c1-29-20-6-4-19(5-7-20)24-10-12-26(13-11-24)22(28)18-14-17(15-23-16-18)21(27)25-8-2-3-9-25/h4-7,14-16H,2-3,8-13H2,1H3. The Morgan fingerprint density at radius 2 is 1.38 bits per heavy atom. The van der Waals surface area contributed by atoms with Crippen LogP contribution in [0.2, 0.25) is 0 Å². The normalized spacial score (nSPS) is 16.8. The summed E-state index contributed by atoms with van der Waals surface area (Å²) in [6.07, 6.45) is 5.19. The molecule has 2 aliphatic rings. The van der Waals surface area contributed by atoms with Crippen LogP contribution in [0.3, 0.4) is 0 Å². The Balaban J connectivity index is 1.39. The molecule has 2 amide bonds. The van der Waals surface area contributed by atoms with E-state index >= 15 is 0 Å². The van der Waals surface area contributed by atoms with Gasteiger partial charge < -0.3 is 19.4 Å². The van der Waals surface area contributed by atoms with Crippen molar-refractivity contribution >= 4 is 17.5 Å². The summed E-state index contributed by atoms with van der Waals surface area (Å²) in [7, 11) is 1.65. The Morgan fingerprint density at radius 3 is 1.93 bits per heavy atom. The number of methoxy groups -OCH3 is 1. The first kappa shape index (κ1) is 19.2. The van der Waals surface area contributed by atoms with Gasteiger partial charge in [-0.3, -0.25) is 14.6 Å². The largest absolute Gasteiger partial charge is 0.497 e. The number of piperazine rings is 1. The van der Waals surface area contributed by atoms with E-state index in [4.69, 9.17) is 4.74 Å². The Bertz CT molecular complexity index is 870. The highest BCUT2D eigenvalue weighted by atomic mass is 16.5. The molecular weight excluding hydrogens is 368 g/mol. The van der Waals surface area contributed by atoms with Crippen molar-refractivity contribution in [2.75, 3.05) is 51.3 Å². The second-order valence-electron chi connectivity index (χ2n) is 7.44. The molecule has 4 rings (SSSR count). The van der Waals surface area contributed by atoms with Crippen LogP contribution in [-0.2, 0) is 0 Å². The van der Waals surface area contributed by atoms with Gasteiger partial charge in [0.2, 0.25) is 0 Å². The van der Waals surface area contributed by atoms with E-state index in [0.717, 1.165) is 50.5 Å². The highest BCUT2D eigenvalue weighted by Crippen LogP contribution is 2.21. The lowest BCUT2D eigenvalue weighted by Crippen LogP contribution is -2.48. The molecule has 7 nitrogen and oxygen atoms in total. The van der Waals surface area contributed by atoms with Crippen LogP contribution in [0.5, 0.6) is 5.75 Å². The van der Waals surface area contributed by atoms with E-state index in [-0.39, 0.29) is 11.8 Å². The summed E-state index contributed by atoms with van der Waals surface area (Å²) in [5.41, 5.74) is 2.10. The molecule has 2 aromatic rings. The Morgan fingerprint density at radius 1 is 0.828 bits per heavy atom. The number of carbonyl (C=O) groups excluding carboxylic acids is 2. The van der Waals surface area contributed by atoms with Crippen molar-refractivity contribution in [3.05, 3.63) is 53.9 Å². The summed E-state index contributed by atoms with van der Waals surface area (Å²) in [5, 5.41) is 0. The Hall–Kier alpha value is -3.09. The first-order valence-electron chi connectivity index (χ1n) is 10.1. The van der Waals surface area contributed by atoms with Crippen molar-refractivity contribution in [1.82, 2.24) is 14.8 Å². The van der Waals surface area contributed by atoms with Gasteiger partial charge in [0, 0.05) is 57.3 Å². The summed E-state index contributed by atoms with van der Waals surface area (Å²) >= 11 is 0. The fourth-order valence-electron chi connectivity index (χ4n) is 3.92. The number of amides is 2. The predicted octanol–water partition coefficient (Wildman–Crippen LogP) is 2.29. The predicted molar refractivity (Wildman–Crippen MR) is 110 cm³/mol. The molecule has 152 valence electrons. The van der Waals surface area contributed by atoms with Crippen molar-refractivity contribution in [3.8, 4) is 5.75 Å². The lowest BCUT2D eigenvalue weighted by molar-refractivity contribution is 0.0746. The van der Waals surface area contributed by atoms with Crippen molar-refractivity contribution in [2.24, 2.45) is 0 Å². The summed E-state index contributed by atoms with van der Waals surface area (Å²) in [4.78, 5) is 35.6. The summed E-state index contributed by atoms with van der Waals surface area (Å²) in [6.45, 7) is 4.36. The molecule has 1 aromatic carbocycles. The highest BCUT2D eigenvalue weighted by molar-refractivity contribution is 5.99. The molecule has 2 aliphatic heterocycles. The van der Waals surface area contributed by atoms with Crippen molar-refractivity contribution < 1.29 is 14.3 Å². The minimum Gasteiger partial charge on any atom is -0.497 e. The zero-order chi connectivity index (χ0) is 20.2. The number of ether oxygens (including phenoxy) is 1. The minimum absolute atomic E-state index is 0.0334. The molecule has 0 radical (unpaired) electrons. The van der Waals surface area contributed by atoms with Gasteiger partial charge in [-0.05, 0) is 43.2 Å². The third-order valence-corrected chi connectivity index (χ3v) is 5.63. The van der Waals surface area contributed by atoms with Crippen LogP contribution in [0.1, 0.15) is 33.6 Å². The first-order valence-corrected chi connectivity index (χ1v) is 10.1. The molecule has 3 heterocycles. The van der Waals surface area contributed by atoms with Crippen LogP contribution >= 0.6 is 0 Å². The van der Waals surface area contributed by atoms with Crippen molar-refractivity contribution in [1.29, 1.82) is 0 Å². The number of pyridine rings is 1. The second kappa shape index (κ2) is 8.51. The molecule has 0 N–H and O–H groups in total. The minimum atomic E-state index is -0.0667. The third kappa shape index (κ3) is 4.18.